The first-order valence-electron chi connectivity index (χ1n) is 39.2. The summed E-state index contributed by atoms with van der Waals surface area (Å²) in [6, 6.07) is 72.4. The minimum absolute atomic E-state index is 0. The second-order valence-electron chi connectivity index (χ2n) is 27.9. The van der Waals surface area contributed by atoms with E-state index in [0.29, 0.717) is 38.5 Å². The molecule has 0 aliphatic carbocycles. The van der Waals surface area contributed by atoms with Crippen molar-refractivity contribution in [3.05, 3.63) is 314 Å². The Morgan fingerprint density at radius 3 is 0.533 bits per heavy atom. The number of pyridine rings is 4. The molecule has 0 saturated heterocycles. The van der Waals surface area contributed by atoms with Crippen LogP contribution in [0.15, 0.2) is 280 Å². The Hall–Kier alpha value is -12.0. The van der Waals surface area contributed by atoms with E-state index in [4.69, 9.17) is 0 Å². The van der Waals surface area contributed by atoms with Gasteiger partial charge in [-0.3, -0.25) is 19.9 Å². The largest absolute Gasteiger partial charge is 3.00 e. The average molecular weight is 1890 g/mol. The van der Waals surface area contributed by atoms with Crippen LogP contribution in [0.5, 0.6) is 0 Å². The number of benzene rings is 8. The van der Waals surface area contributed by atoms with E-state index in [1.165, 1.54) is 65.7 Å². The fraction of sp³-hybridized carbons (Fsp3) is 0.188. The number of carboxylic acid groups (broad SMARTS) is 6. The topological polar surface area (TPSA) is 387 Å². The Morgan fingerprint density at radius 1 is 0.217 bits per heavy atom. The van der Waals surface area contributed by atoms with Gasteiger partial charge >= 0.3 is 77.2 Å². The summed E-state index contributed by atoms with van der Waals surface area (Å²) in [5, 5.41) is 73.2. The minimum Gasteiger partial charge on any atom is -0.550 e. The van der Waals surface area contributed by atoms with Gasteiger partial charge in [0.05, 0.1) is 22.1 Å². The molecule has 0 bridgehead atoms. The zero-order valence-electron chi connectivity index (χ0n) is 65.6. The van der Waals surface area contributed by atoms with Crippen LogP contribution in [0.1, 0.15) is 110 Å². The minimum atomic E-state index is -0.977. The zero-order valence-corrected chi connectivity index (χ0v) is 69.9. The molecule has 0 spiro atoms. The second kappa shape index (κ2) is 48.2. The number of hydrogen-bond donors (Lipinski definition) is 6. The van der Waals surface area contributed by atoms with Crippen LogP contribution in [-0.2, 0) is 67.3 Å². The number of fused-ring (bicyclic) bond motifs is 12. The summed E-state index contributed by atoms with van der Waals surface area (Å²) in [4.78, 5) is 98.0. The third-order valence-corrected chi connectivity index (χ3v) is 19.7. The van der Waals surface area contributed by atoms with Gasteiger partial charge in [0.25, 0.3) is 0 Å². The van der Waals surface area contributed by atoms with Crippen molar-refractivity contribution in [2.24, 2.45) is 0 Å². The number of rotatable bonds is 24. The van der Waals surface area contributed by atoms with Crippen LogP contribution in [-0.4, -0.2) is 85.7 Å². The molecule has 8 aromatic carbocycles. The molecule has 24 heteroatoms. The Labute approximate surface area is 753 Å². The van der Waals surface area contributed by atoms with E-state index >= 15 is 0 Å². The standard InChI is InChI=1S/2C12H8N2.6C12H13NO2.2Tb/c2*1-3-9-5-6-10-4-2-8-14-12(10)11(9)13-7-1;6*14-12(15)7-3-4-9-8-13-11-6-2-1-5-10(9)11;;/h2*1-8H;6*1-2,5-6,8,13H,3-4,7H2,(H,14,15);;/q;;;;;;;;2*+3/p-6. The van der Waals surface area contributed by atoms with Crippen molar-refractivity contribution in [3.63, 3.8) is 0 Å². The predicted molar refractivity (Wildman–Crippen MR) is 452 cm³/mol. The summed E-state index contributed by atoms with van der Waals surface area (Å²) in [6.07, 6.45) is 28.1. The van der Waals surface area contributed by atoms with Gasteiger partial charge < -0.3 is 89.3 Å². The average Bonchev–Trinajstić information content (AvgIpc) is 1.28. The fourth-order valence-corrected chi connectivity index (χ4v) is 13.9. The van der Waals surface area contributed by atoms with E-state index < -0.39 is 35.8 Å². The second-order valence-corrected chi connectivity index (χ2v) is 27.9. The van der Waals surface area contributed by atoms with Crippen molar-refractivity contribution in [3.8, 4) is 0 Å². The molecular formula is C96H88N10O12Tb2. The maximum atomic E-state index is 10.3. The molecule has 0 radical (unpaired) electrons. The summed E-state index contributed by atoms with van der Waals surface area (Å²) >= 11 is 0. The molecule has 0 aliphatic rings. The number of aromatic nitrogens is 10. The van der Waals surface area contributed by atoms with Crippen LogP contribution >= 0.6 is 0 Å². The van der Waals surface area contributed by atoms with Crippen LogP contribution in [0.25, 0.3) is 109 Å². The molecule has 0 atom stereocenters. The Balaban J connectivity index is 0.000000156. The zero-order chi connectivity index (χ0) is 82.8. The molecule has 612 valence electrons. The summed E-state index contributed by atoms with van der Waals surface area (Å²) in [7, 11) is 0. The summed E-state index contributed by atoms with van der Waals surface area (Å²) in [5.74, 6) is -5.86. The molecule has 22 nitrogen and oxygen atoms in total. The normalized spacial score (nSPS) is 10.5. The van der Waals surface area contributed by atoms with E-state index in [0.717, 1.165) is 115 Å². The molecule has 0 amide bonds. The van der Waals surface area contributed by atoms with Gasteiger partial charge in [0.1, 0.15) is 0 Å². The van der Waals surface area contributed by atoms with E-state index in [-0.39, 0.29) is 116 Å². The number of hydrogen-bond acceptors (Lipinski definition) is 16. The van der Waals surface area contributed by atoms with Gasteiger partial charge in [-0.2, -0.15) is 0 Å². The number of carbonyl (C=O) groups is 6. The molecule has 120 heavy (non-hydrogen) atoms. The fourth-order valence-electron chi connectivity index (χ4n) is 13.9. The number of nitrogens with one attached hydrogen (secondary N) is 6. The van der Waals surface area contributed by atoms with Gasteiger partial charge in [0, 0.05) is 185 Å². The van der Waals surface area contributed by atoms with Crippen molar-refractivity contribution >= 4 is 145 Å². The van der Waals surface area contributed by atoms with Gasteiger partial charge in [0.15, 0.2) is 0 Å². The molecular weight excluding hydrogens is 1800 g/mol. The predicted octanol–water partition coefficient (Wildman–Crippen LogP) is 13.0. The Bertz CT molecular complexity index is 5430. The van der Waals surface area contributed by atoms with E-state index in [9.17, 15) is 59.4 Å². The van der Waals surface area contributed by atoms with Gasteiger partial charge in [-0.15, -0.1) is 0 Å². The maximum absolute atomic E-state index is 10.3. The molecule has 0 unspecified atom stereocenters. The summed E-state index contributed by atoms with van der Waals surface area (Å²) in [5.41, 5.74) is 17.5. The van der Waals surface area contributed by atoms with Gasteiger partial charge in [-0.1, -0.05) is 158 Å². The van der Waals surface area contributed by atoms with Crippen LogP contribution in [0, 0.1) is 77.2 Å². The summed E-state index contributed by atoms with van der Waals surface area (Å²) in [6.45, 7) is 0. The van der Waals surface area contributed by atoms with Gasteiger partial charge in [-0.25, -0.2) is 0 Å². The van der Waals surface area contributed by atoms with E-state index in [2.05, 4.69) is 98.4 Å². The monoisotopic (exact) mass is 1890 g/mol. The van der Waals surface area contributed by atoms with Crippen molar-refractivity contribution in [2.75, 3.05) is 0 Å². The van der Waals surface area contributed by atoms with Crippen LogP contribution in [0.4, 0.5) is 0 Å². The number of para-hydroxylation sites is 6. The first-order valence-corrected chi connectivity index (χ1v) is 39.2. The van der Waals surface area contributed by atoms with Gasteiger partial charge in [-0.05, 0) is 210 Å². The van der Waals surface area contributed by atoms with Crippen molar-refractivity contribution in [1.82, 2.24) is 49.8 Å². The smallest absolute Gasteiger partial charge is 0.550 e. The molecule has 6 N–H and O–H groups in total. The quantitative estimate of drug-likeness (QED) is 0.0306. The van der Waals surface area contributed by atoms with Crippen molar-refractivity contribution in [2.45, 2.75) is 116 Å². The van der Waals surface area contributed by atoms with Crippen molar-refractivity contribution in [1.29, 1.82) is 0 Å². The molecule has 10 heterocycles. The number of carbonyl (C=O) groups excluding carboxylic acids is 6. The van der Waals surface area contributed by atoms with Crippen LogP contribution in [0.3, 0.4) is 0 Å². The van der Waals surface area contributed by atoms with Gasteiger partial charge in [0.2, 0.25) is 0 Å². The molecule has 10 aromatic heterocycles. The number of H-pyrrole nitrogens is 6. The van der Waals surface area contributed by atoms with Crippen molar-refractivity contribution < 1.29 is 137 Å². The van der Waals surface area contributed by atoms with E-state index in [1.54, 1.807) is 24.8 Å². The molecule has 18 aromatic rings. The number of aromatic amines is 6. The van der Waals surface area contributed by atoms with Crippen LogP contribution in [0.2, 0.25) is 0 Å². The Morgan fingerprint density at radius 2 is 0.375 bits per heavy atom. The SMILES string of the molecule is O=C([O-])CCCc1c[nH]c2ccccc12.O=C([O-])CCCc1c[nH]c2ccccc12.O=C([O-])CCCc1c[nH]c2ccccc12.O=C([O-])CCCc1c[nH]c2ccccc12.O=C([O-])CCCc1c[nH]c2ccccc12.O=C([O-])CCCc1c[nH]c2ccccc12.[Tb+3].[Tb+3].c1cnc2c(c1)ccc1cccnc12.c1cnc2c(c1)ccc1cccnc12. The summed E-state index contributed by atoms with van der Waals surface area (Å²) < 4.78 is 0. The molecule has 0 aliphatic heterocycles. The van der Waals surface area contributed by atoms with Crippen LogP contribution < -0.4 is 30.6 Å². The van der Waals surface area contributed by atoms with E-state index in [1.807, 2.05) is 207 Å². The molecule has 18 rings (SSSR count). The number of nitrogens with zero attached hydrogens (tertiary/aromatic N) is 4. The Kier molecular flexibility index (Phi) is 36.9. The molecule has 0 fully saturated rings. The number of aryl methyl sites for hydroxylation is 6. The third kappa shape index (κ3) is 27.6. The molecule has 0 saturated carbocycles. The number of aliphatic carboxylic acids is 6. The number of carboxylic acids is 6. The first kappa shape index (κ1) is 91.9. The first-order chi connectivity index (χ1) is 57.5. The third-order valence-electron chi connectivity index (χ3n) is 19.7. The maximum Gasteiger partial charge on any atom is 3.00 e.